The molecule has 0 bridgehead atoms. The van der Waals surface area contributed by atoms with Gasteiger partial charge in [-0.15, -0.1) is 0 Å². The minimum Gasteiger partial charge on any atom is -0.322 e. The van der Waals surface area contributed by atoms with E-state index in [2.05, 4.69) is 17.4 Å². The summed E-state index contributed by atoms with van der Waals surface area (Å²) in [6.45, 7) is 7.88. The molecule has 3 heteroatoms. The van der Waals surface area contributed by atoms with Crippen molar-refractivity contribution in [3.63, 3.8) is 0 Å². The van der Waals surface area contributed by atoms with E-state index in [1.54, 1.807) is 25.2 Å². The number of hydrazine groups is 1. The number of allylic oxidation sites excluding steroid dienone is 4. The van der Waals surface area contributed by atoms with E-state index in [0.717, 1.165) is 12.2 Å². The minimum absolute atomic E-state index is 0.405. The van der Waals surface area contributed by atoms with Crippen LogP contribution < -0.4 is 10.9 Å². The van der Waals surface area contributed by atoms with Crippen molar-refractivity contribution in [1.82, 2.24) is 10.9 Å². The second-order valence-corrected chi connectivity index (χ2v) is 2.69. The van der Waals surface area contributed by atoms with Gasteiger partial charge in [-0.1, -0.05) is 25.7 Å². The zero-order valence-corrected chi connectivity index (χ0v) is 8.23. The summed E-state index contributed by atoms with van der Waals surface area (Å²) in [4.78, 5) is 0. The number of hydrogen-bond acceptors (Lipinski definition) is 2. The normalized spacial score (nSPS) is 12.1. The van der Waals surface area contributed by atoms with Gasteiger partial charge < -0.3 is 5.43 Å². The van der Waals surface area contributed by atoms with E-state index in [1.165, 1.54) is 0 Å². The Kier molecular flexibility index (Phi) is 6.92. The molecule has 0 heterocycles. The molecule has 0 saturated carbocycles. The van der Waals surface area contributed by atoms with Crippen molar-refractivity contribution < 1.29 is 4.39 Å². The van der Waals surface area contributed by atoms with Crippen LogP contribution in [0.2, 0.25) is 0 Å². The van der Waals surface area contributed by atoms with E-state index in [4.69, 9.17) is 0 Å². The van der Waals surface area contributed by atoms with E-state index in [9.17, 15) is 4.39 Å². The van der Waals surface area contributed by atoms with Gasteiger partial charge in [0.25, 0.3) is 0 Å². The van der Waals surface area contributed by atoms with Gasteiger partial charge in [0.05, 0.1) is 0 Å². The van der Waals surface area contributed by atoms with Crippen LogP contribution in [0.25, 0.3) is 0 Å². The topological polar surface area (TPSA) is 24.1 Å². The van der Waals surface area contributed by atoms with E-state index in [-0.39, 0.29) is 0 Å². The summed E-state index contributed by atoms with van der Waals surface area (Å²) in [5.74, 6) is 0. The summed E-state index contributed by atoms with van der Waals surface area (Å²) in [5.41, 5.74) is 7.23. The molecular weight excluding hydrogens is 167 g/mol. The molecule has 0 aliphatic rings. The lowest BCUT2D eigenvalue weighted by molar-refractivity contribution is 0.543. The van der Waals surface area contributed by atoms with Crippen molar-refractivity contribution in [2.75, 3.05) is 13.2 Å². The third-order valence-electron chi connectivity index (χ3n) is 1.31. The van der Waals surface area contributed by atoms with Crippen LogP contribution in [0.4, 0.5) is 4.39 Å². The smallest absolute Gasteiger partial charge is 0.111 e. The Morgan fingerprint density at radius 1 is 1.54 bits per heavy atom. The highest BCUT2D eigenvalue weighted by Crippen LogP contribution is 1.94. The van der Waals surface area contributed by atoms with Crippen LogP contribution in [0.5, 0.6) is 0 Å². The molecule has 0 rings (SSSR count). The first-order valence-corrected chi connectivity index (χ1v) is 4.28. The van der Waals surface area contributed by atoms with Crippen LogP contribution in [0.1, 0.15) is 13.8 Å². The van der Waals surface area contributed by atoms with E-state index < -0.39 is 6.67 Å². The van der Waals surface area contributed by atoms with Crippen LogP contribution in [0.15, 0.2) is 36.1 Å². The van der Waals surface area contributed by atoms with Crippen molar-refractivity contribution >= 4 is 0 Å². The fraction of sp³-hybridized carbons (Fsp3) is 0.400. The quantitative estimate of drug-likeness (QED) is 0.488. The monoisotopic (exact) mass is 184 g/mol. The molecule has 0 unspecified atom stereocenters. The van der Waals surface area contributed by atoms with Crippen molar-refractivity contribution in [3.8, 4) is 0 Å². The molecule has 0 fully saturated rings. The van der Waals surface area contributed by atoms with Crippen molar-refractivity contribution in [2.24, 2.45) is 0 Å². The number of rotatable bonds is 6. The molecule has 0 saturated heterocycles. The fourth-order valence-electron chi connectivity index (χ4n) is 0.617. The zero-order valence-electron chi connectivity index (χ0n) is 8.23. The molecule has 0 aliphatic carbocycles. The summed E-state index contributed by atoms with van der Waals surface area (Å²) in [7, 11) is 0. The molecule has 2 nitrogen and oxygen atoms in total. The van der Waals surface area contributed by atoms with Gasteiger partial charge in [0.1, 0.15) is 6.67 Å². The van der Waals surface area contributed by atoms with E-state index >= 15 is 0 Å². The lowest BCUT2D eigenvalue weighted by Gasteiger charge is -2.03. The van der Waals surface area contributed by atoms with Crippen molar-refractivity contribution in [3.05, 3.63) is 36.1 Å². The van der Waals surface area contributed by atoms with Crippen LogP contribution in [0, 0.1) is 0 Å². The lowest BCUT2D eigenvalue weighted by Crippen LogP contribution is -2.29. The van der Waals surface area contributed by atoms with E-state index in [0.29, 0.717) is 5.57 Å². The molecule has 13 heavy (non-hydrogen) atoms. The second kappa shape index (κ2) is 7.55. The molecule has 0 aromatic rings. The van der Waals surface area contributed by atoms with Gasteiger partial charge >= 0.3 is 0 Å². The summed E-state index contributed by atoms with van der Waals surface area (Å²) in [6, 6.07) is 0. The van der Waals surface area contributed by atoms with Gasteiger partial charge in [-0.3, -0.25) is 0 Å². The third-order valence-corrected chi connectivity index (χ3v) is 1.31. The van der Waals surface area contributed by atoms with Gasteiger partial charge in [-0.05, 0) is 18.6 Å². The Labute approximate surface area is 79.2 Å². The molecule has 0 aromatic heterocycles. The number of alkyl halides is 1. The van der Waals surface area contributed by atoms with E-state index in [1.807, 2.05) is 6.92 Å². The highest BCUT2D eigenvalue weighted by Gasteiger charge is 1.84. The molecule has 0 radical (unpaired) electrons. The Balaban J connectivity index is 3.77. The maximum atomic E-state index is 12.0. The standard InChI is InChI=1S/C10H17FN2/c1-4-12-13-10(3)7-5-6-9(2)8-11/h5-7,12-13H,3-4,8H2,1-2H3/b7-5-,9-6-. The van der Waals surface area contributed by atoms with Crippen LogP contribution in [-0.4, -0.2) is 13.2 Å². The molecule has 74 valence electrons. The average Bonchev–Trinajstić information content (AvgIpc) is 2.14. The Morgan fingerprint density at radius 2 is 2.23 bits per heavy atom. The maximum absolute atomic E-state index is 12.0. The minimum atomic E-state index is -0.405. The van der Waals surface area contributed by atoms with Crippen LogP contribution in [-0.2, 0) is 0 Å². The maximum Gasteiger partial charge on any atom is 0.111 e. The summed E-state index contributed by atoms with van der Waals surface area (Å²) >= 11 is 0. The predicted octanol–water partition coefficient (Wildman–Crippen LogP) is 2.09. The zero-order chi connectivity index (χ0) is 10.1. The molecule has 0 amide bonds. The van der Waals surface area contributed by atoms with Gasteiger partial charge in [0, 0.05) is 12.2 Å². The van der Waals surface area contributed by atoms with Gasteiger partial charge in [-0.2, -0.15) is 0 Å². The number of hydrogen-bond donors (Lipinski definition) is 2. The summed E-state index contributed by atoms with van der Waals surface area (Å²) in [6.07, 6.45) is 5.27. The molecule has 0 atom stereocenters. The largest absolute Gasteiger partial charge is 0.322 e. The van der Waals surface area contributed by atoms with Gasteiger partial charge in [0.2, 0.25) is 0 Å². The number of halogens is 1. The van der Waals surface area contributed by atoms with Gasteiger partial charge in [-0.25, -0.2) is 9.82 Å². The lowest BCUT2D eigenvalue weighted by atomic mass is 10.3. The van der Waals surface area contributed by atoms with Crippen LogP contribution >= 0.6 is 0 Å². The fourth-order valence-corrected chi connectivity index (χ4v) is 0.617. The van der Waals surface area contributed by atoms with Crippen LogP contribution in [0.3, 0.4) is 0 Å². The average molecular weight is 184 g/mol. The summed E-state index contributed by atoms with van der Waals surface area (Å²) in [5, 5.41) is 0. The predicted molar refractivity (Wildman–Crippen MR) is 54.8 cm³/mol. The second-order valence-electron chi connectivity index (χ2n) is 2.69. The third kappa shape index (κ3) is 7.28. The van der Waals surface area contributed by atoms with Crippen molar-refractivity contribution in [2.45, 2.75) is 13.8 Å². The Hall–Kier alpha value is -1.09. The first-order chi connectivity index (χ1) is 6.20. The molecular formula is C10H17FN2. The highest BCUT2D eigenvalue weighted by molar-refractivity contribution is 5.19. The molecule has 0 spiro atoms. The van der Waals surface area contributed by atoms with Gasteiger partial charge in [0.15, 0.2) is 0 Å². The molecule has 2 N–H and O–H groups in total. The Morgan fingerprint density at radius 3 is 2.77 bits per heavy atom. The Bertz CT molecular complexity index is 207. The molecule has 0 aliphatic heterocycles. The SMILES string of the molecule is C=C(/C=C\C=C(\C)CF)NNCC. The van der Waals surface area contributed by atoms with Crippen molar-refractivity contribution in [1.29, 1.82) is 0 Å². The molecule has 0 aromatic carbocycles. The number of nitrogens with one attached hydrogen (secondary N) is 2. The first kappa shape index (κ1) is 11.9. The highest BCUT2D eigenvalue weighted by atomic mass is 19.1. The first-order valence-electron chi connectivity index (χ1n) is 4.28. The summed E-state index contributed by atoms with van der Waals surface area (Å²) < 4.78 is 12.0.